The first kappa shape index (κ1) is 12.4. The van der Waals surface area contributed by atoms with Gasteiger partial charge in [-0.15, -0.1) is 0 Å². The Hall–Kier alpha value is -1.02. The normalized spacial score (nSPS) is 25.8. The molecule has 1 fully saturated rings. The van der Waals surface area contributed by atoms with E-state index < -0.39 is 0 Å². The van der Waals surface area contributed by atoms with E-state index in [-0.39, 0.29) is 0 Å². The Labute approximate surface area is 105 Å². The maximum absolute atomic E-state index is 3.52. The molecular formula is C15H24N2. The molecule has 1 aliphatic rings. The Morgan fingerprint density at radius 1 is 1.18 bits per heavy atom. The maximum Gasteiger partial charge on any atom is 0.0403 e. The number of nitrogens with zero attached hydrogens (tertiary/aromatic N) is 1. The van der Waals surface area contributed by atoms with Crippen LogP contribution in [0.2, 0.25) is 0 Å². The summed E-state index contributed by atoms with van der Waals surface area (Å²) in [6.45, 7) is 11.3. The molecule has 2 unspecified atom stereocenters. The highest BCUT2D eigenvalue weighted by molar-refractivity contribution is 5.57. The molecule has 0 aliphatic carbocycles. The molecule has 1 N–H and O–H groups in total. The Kier molecular flexibility index (Phi) is 3.72. The molecule has 2 atom stereocenters. The zero-order chi connectivity index (χ0) is 12.4. The van der Waals surface area contributed by atoms with Crippen LogP contribution in [-0.4, -0.2) is 25.2 Å². The van der Waals surface area contributed by atoms with Gasteiger partial charge in [-0.05, 0) is 57.9 Å². The van der Waals surface area contributed by atoms with Crippen molar-refractivity contribution in [1.29, 1.82) is 0 Å². The molecule has 94 valence electrons. The van der Waals surface area contributed by atoms with Gasteiger partial charge in [0.25, 0.3) is 0 Å². The van der Waals surface area contributed by atoms with E-state index in [2.05, 4.69) is 56.1 Å². The predicted molar refractivity (Wildman–Crippen MR) is 74.8 cm³/mol. The fraction of sp³-hybridized carbons (Fsp3) is 0.600. The van der Waals surface area contributed by atoms with Gasteiger partial charge in [0.05, 0.1) is 0 Å². The molecule has 1 saturated heterocycles. The summed E-state index contributed by atoms with van der Waals surface area (Å²) in [5.74, 6) is 0. The molecule has 0 amide bonds. The van der Waals surface area contributed by atoms with Gasteiger partial charge in [0.1, 0.15) is 0 Å². The number of rotatable bonds is 1. The van der Waals surface area contributed by atoms with Crippen molar-refractivity contribution in [3.63, 3.8) is 0 Å². The monoisotopic (exact) mass is 232 g/mol. The lowest BCUT2D eigenvalue weighted by Gasteiger charge is -2.36. The first-order valence-corrected chi connectivity index (χ1v) is 6.66. The van der Waals surface area contributed by atoms with E-state index in [9.17, 15) is 0 Å². The van der Waals surface area contributed by atoms with Crippen LogP contribution in [0.15, 0.2) is 18.2 Å². The molecule has 0 radical (unpaired) electrons. The van der Waals surface area contributed by atoms with Gasteiger partial charge in [0, 0.05) is 24.3 Å². The van der Waals surface area contributed by atoms with Crippen LogP contribution in [0.1, 0.15) is 31.4 Å². The number of aryl methyl sites for hydroxylation is 1. The van der Waals surface area contributed by atoms with Crippen LogP contribution in [-0.2, 0) is 0 Å². The SMILES string of the molecule is Cc1cccc(N2C(C)CCNCC2C)c1C. The van der Waals surface area contributed by atoms with Crippen LogP contribution in [0.4, 0.5) is 5.69 Å². The lowest BCUT2D eigenvalue weighted by molar-refractivity contribution is 0.574. The largest absolute Gasteiger partial charge is 0.365 e. The highest BCUT2D eigenvalue weighted by Crippen LogP contribution is 2.28. The Morgan fingerprint density at radius 2 is 1.94 bits per heavy atom. The van der Waals surface area contributed by atoms with E-state index in [0.29, 0.717) is 12.1 Å². The summed E-state index contributed by atoms with van der Waals surface area (Å²) in [5, 5.41) is 3.52. The van der Waals surface area contributed by atoms with Gasteiger partial charge in [0.2, 0.25) is 0 Å². The second kappa shape index (κ2) is 5.09. The molecule has 1 aromatic carbocycles. The smallest absolute Gasteiger partial charge is 0.0403 e. The van der Waals surface area contributed by atoms with Crippen molar-refractivity contribution in [3.05, 3.63) is 29.3 Å². The summed E-state index contributed by atoms with van der Waals surface area (Å²) in [6, 6.07) is 7.81. The minimum atomic E-state index is 0.563. The van der Waals surface area contributed by atoms with Gasteiger partial charge in [-0.3, -0.25) is 0 Å². The molecule has 0 spiro atoms. The van der Waals surface area contributed by atoms with E-state index in [1.807, 2.05) is 0 Å². The quantitative estimate of drug-likeness (QED) is 0.801. The second-order valence-corrected chi connectivity index (χ2v) is 5.32. The average Bonchev–Trinajstić information content (AvgIpc) is 2.45. The minimum Gasteiger partial charge on any atom is -0.365 e. The predicted octanol–water partition coefficient (Wildman–Crippen LogP) is 2.88. The van der Waals surface area contributed by atoms with Gasteiger partial charge in [-0.1, -0.05) is 12.1 Å². The van der Waals surface area contributed by atoms with Crippen LogP contribution < -0.4 is 10.2 Å². The fourth-order valence-electron chi connectivity index (χ4n) is 2.78. The van der Waals surface area contributed by atoms with E-state index in [1.54, 1.807) is 0 Å². The van der Waals surface area contributed by atoms with Crippen LogP contribution in [0.25, 0.3) is 0 Å². The van der Waals surface area contributed by atoms with Crippen molar-refractivity contribution in [3.8, 4) is 0 Å². The average molecular weight is 232 g/mol. The van der Waals surface area contributed by atoms with Crippen LogP contribution in [0.3, 0.4) is 0 Å². The summed E-state index contributed by atoms with van der Waals surface area (Å²) in [4.78, 5) is 2.59. The first-order valence-electron chi connectivity index (χ1n) is 6.66. The second-order valence-electron chi connectivity index (χ2n) is 5.32. The van der Waals surface area contributed by atoms with E-state index in [0.717, 1.165) is 13.1 Å². The van der Waals surface area contributed by atoms with Gasteiger partial charge in [-0.2, -0.15) is 0 Å². The number of nitrogens with one attached hydrogen (secondary N) is 1. The van der Waals surface area contributed by atoms with E-state index >= 15 is 0 Å². The highest BCUT2D eigenvalue weighted by Gasteiger charge is 2.24. The third-order valence-electron chi connectivity index (χ3n) is 3.98. The zero-order valence-electron chi connectivity index (χ0n) is 11.5. The van der Waals surface area contributed by atoms with E-state index in [4.69, 9.17) is 0 Å². The molecule has 17 heavy (non-hydrogen) atoms. The standard InChI is InChI=1S/C15H24N2/c1-11-6-5-7-15(14(11)4)17-12(2)8-9-16-10-13(17)3/h5-7,12-13,16H,8-10H2,1-4H3. The summed E-state index contributed by atoms with van der Waals surface area (Å²) in [7, 11) is 0. The minimum absolute atomic E-state index is 0.563. The van der Waals surface area contributed by atoms with Gasteiger partial charge >= 0.3 is 0 Å². The Balaban J connectivity index is 2.38. The van der Waals surface area contributed by atoms with Crippen molar-refractivity contribution in [2.24, 2.45) is 0 Å². The van der Waals surface area contributed by atoms with Crippen molar-refractivity contribution in [2.45, 2.75) is 46.2 Å². The first-order chi connectivity index (χ1) is 8.11. The zero-order valence-corrected chi connectivity index (χ0v) is 11.5. The molecule has 2 heteroatoms. The molecule has 2 rings (SSSR count). The lowest BCUT2D eigenvalue weighted by Crippen LogP contribution is -2.42. The molecule has 0 saturated carbocycles. The topological polar surface area (TPSA) is 15.3 Å². The van der Waals surface area contributed by atoms with Crippen molar-refractivity contribution >= 4 is 5.69 Å². The third kappa shape index (κ3) is 2.47. The van der Waals surface area contributed by atoms with E-state index in [1.165, 1.54) is 23.2 Å². The van der Waals surface area contributed by atoms with Gasteiger partial charge in [0.15, 0.2) is 0 Å². The molecule has 1 aromatic rings. The summed E-state index contributed by atoms with van der Waals surface area (Å²) < 4.78 is 0. The summed E-state index contributed by atoms with van der Waals surface area (Å²) in [5.41, 5.74) is 4.22. The number of hydrogen-bond acceptors (Lipinski definition) is 2. The van der Waals surface area contributed by atoms with Crippen molar-refractivity contribution < 1.29 is 0 Å². The third-order valence-corrected chi connectivity index (χ3v) is 3.98. The van der Waals surface area contributed by atoms with Crippen LogP contribution in [0.5, 0.6) is 0 Å². The molecule has 1 heterocycles. The summed E-state index contributed by atoms with van der Waals surface area (Å²) in [6.07, 6.45) is 1.22. The molecule has 1 aliphatic heterocycles. The highest BCUT2D eigenvalue weighted by atomic mass is 15.2. The Bertz CT molecular complexity index is 375. The number of benzene rings is 1. The lowest BCUT2D eigenvalue weighted by atomic mass is 10.0. The van der Waals surface area contributed by atoms with Gasteiger partial charge < -0.3 is 10.2 Å². The van der Waals surface area contributed by atoms with Crippen molar-refractivity contribution in [2.75, 3.05) is 18.0 Å². The maximum atomic E-state index is 3.52. The molecule has 2 nitrogen and oxygen atoms in total. The van der Waals surface area contributed by atoms with Crippen LogP contribution >= 0.6 is 0 Å². The van der Waals surface area contributed by atoms with Gasteiger partial charge in [-0.25, -0.2) is 0 Å². The number of hydrogen-bond donors (Lipinski definition) is 1. The molecule has 0 aromatic heterocycles. The summed E-state index contributed by atoms with van der Waals surface area (Å²) >= 11 is 0. The molecular weight excluding hydrogens is 208 g/mol. The number of anilines is 1. The fourth-order valence-corrected chi connectivity index (χ4v) is 2.78. The Morgan fingerprint density at radius 3 is 2.71 bits per heavy atom. The van der Waals surface area contributed by atoms with Crippen molar-refractivity contribution in [1.82, 2.24) is 5.32 Å². The van der Waals surface area contributed by atoms with Crippen LogP contribution in [0, 0.1) is 13.8 Å². The molecule has 0 bridgehead atoms.